The van der Waals surface area contributed by atoms with Crippen LogP contribution in [0.2, 0.25) is 0 Å². The Morgan fingerprint density at radius 1 is 1.13 bits per heavy atom. The van der Waals surface area contributed by atoms with Crippen LogP contribution in [0.4, 0.5) is 0 Å². The lowest BCUT2D eigenvalue weighted by atomic mass is 10.1. The zero-order chi connectivity index (χ0) is 17.1. The molecule has 7 heteroatoms. The number of amides is 1. The number of Topliss-reactive ketones (excluding diaryl/α,β-unsaturated/α-hetero) is 1. The Hall–Kier alpha value is -2.28. The summed E-state index contributed by atoms with van der Waals surface area (Å²) in [5, 5.41) is 4.22. The summed E-state index contributed by atoms with van der Waals surface area (Å²) >= 11 is 3.35. The molecule has 1 aromatic carbocycles. The van der Waals surface area contributed by atoms with Gasteiger partial charge in [0.15, 0.2) is 11.8 Å². The fraction of sp³-hybridized carbons (Fsp3) is 0.250. The lowest BCUT2D eigenvalue weighted by molar-refractivity contribution is -0.138. The molecule has 0 spiro atoms. The lowest BCUT2D eigenvalue weighted by Gasteiger charge is -2.19. The molecule has 1 atom stereocenters. The molecule has 2 rings (SSSR count). The van der Waals surface area contributed by atoms with Gasteiger partial charge in [0, 0.05) is 30.2 Å². The van der Waals surface area contributed by atoms with Crippen LogP contribution < -0.4 is 5.56 Å². The number of hydrogen-bond acceptors (Lipinski definition) is 4. The van der Waals surface area contributed by atoms with Crippen LogP contribution in [0, 0.1) is 0 Å². The zero-order valence-corrected chi connectivity index (χ0v) is 14.6. The van der Waals surface area contributed by atoms with Crippen LogP contribution in [0.3, 0.4) is 0 Å². The van der Waals surface area contributed by atoms with E-state index >= 15 is 0 Å². The topological polar surface area (TPSA) is 72.3 Å². The first kappa shape index (κ1) is 17.1. The quantitative estimate of drug-likeness (QED) is 0.762. The SMILES string of the molecule is CC(=O)[C@H](C(=O)N(C)C)n1nc(-c2ccc(Br)cc2)ccc1=O. The van der Waals surface area contributed by atoms with E-state index in [-0.39, 0.29) is 0 Å². The summed E-state index contributed by atoms with van der Waals surface area (Å²) in [4.78, 5) is 37.5. The molecule has 6 nitrogen and oxygen atoms in total. The fourth-order valence-corrected chi connectivity index (χ4v) is 2.34. The molecule has 2 aromatic rings. The van der Waals surface area contributed by atoms with Gasteiger partial charge in [0.05, 0.1) is 5.69 Å². The molecule has 0 aliphatic rings. The van der Waals surface area contributed by atoms with Crippen LogP contribution >= 0.6 is 15.9 Å². The Balaban J connectivity index is 2.55. The van der Waals surface area contributed by atoms with Crippen LogP contribution in [0.1, 0.15) is 13.0 Å². The predicted octanol–water partition coefficient (Wildman–Crippen LogP) is 1.89. The van der Waals surface area contributed by atoms with Crippen molar-refractivity contribution in [2.24, 2.45) is 0 Å². The highest BCUT2D eigenvalue weighted by molar-refractivity contribution is 9.10. The number of aromatic nitrogens is 2. The van der Waals surface area contributed by atoms with Gasteiger partial charge in [-0.15, -0.1) is 0 Å². The number of carbonyl (C=O) groups excluding carboxylic acids is 2. The standard InChI is InChI=1S/C16H16BrN3O3/c1-10(21)15(16(23)19(2)3)20-14(22)9-8-13(18-20)11-4-6-12(17)7-5-11/h4-9,15H,1-3H3/t15-/m1/s1. The van der Waals surface area contributed by atoms with Gasteiger partial charge in [-0.25, -0.2) is 4.68 Å². The summed E-state index contributed by atoms with van der Waals surface area (Å²) in [6.07, 6.45) is 0. The summed E-state index contributed by atoms with van der Waals surface area (Å²) in [7, 11) is 3.06. The number of likely N-dealkylation sites (N-methyl/N-ethyl adjacent to an activating group) is 1. The van der Waals surface area contributed by atoms with Gasteiger partial charge in [-0.05, 0) is 25.1 Å². The molecule has 0 saturated carbocycles. The molecule has 0 radical (unpaired) electrons. The number of ketones is 1. The van der Waals surface area contributed by atoms with Gasteiger partial charge < -0.3 is 4.90 Å². The second-order valence-corrected chi connectivity index (χ2v) is 6.17. The van der Waals surface area contributed by atoms with Gasteiger partial charge in [0.1, 0.15) is 0 Å². The maximum Gasteiger partial charge on any atom is 0.267 e. The average Bonchev–Trinajstić information content (AvgIpc) is 2.49. The molecular weight excluding hydrogens is 362 g/mol. The molecule has 0 unspecified atom stereocenters. The first-order valence-electron chi connectivity index (χ1n) is 6.88. The molecule has 0 bridgehead atoms. The molecule has 120 valence electrons. The summed E-state index contributed by atoms with van der Waals surface area (Å²) in [5.41, 5.74) is 0.790. The maximum absolute atomic E-state index is 12.2. The Morgan fingerprint density at radius 3 is 2.26 bits per heavy atom. The van der Waals surface area contributed by atoms with Gasteiger partial charge in [-0.3, -0.25) is 14.4 Å². The van der Waals surface area contributed by atoms with E-state index in [0.717, 1.165) is 14.7 Å². The first-order valence-corrected chi connectivity index (χ1v) is 7.68. The van der Waals surface area contributed by atoms with Crippen molar-refractivity contribution in [1.82, 2.24) is 14.7 Å². The van der Waals surface area contributed by atoms with E-state index in [1.54, 1.807) is 6.07 Å². The molecular formula is C16H16BrN3O3. The molecule has 1 heterocycles. The monoisotopic (exact) mass is 377 g/mol. The van der Waals surface area contributed by atoms with Crippen molar-refractivity contribution in [2.75, 3.05) is 14.1 Å². The highest BCUT2D eigenvalue weighted by atomic mass is 79.9. The Bertz CT molecular complexity index is 797. The summed E-state index contributed by atoms with van der Waals surface area (Å²) in [5.74, 6) is -0.925. The van der Waals surface area contributed by atoms with Crippen LogP contribution in [0.25, 0.3) is 11.3 Å². The predicted molar refractivity (Wildman–Crippen MR) is 90.0 cm³/mol. The summed E-state index contributed by atoms with van der Waals surface area (Å²) < 4.78 is 1.86. The molecule has 0 saturated heterocycles. The molecule has 0 aliphatic carbocycles. The van der Waals surface area contributed by atoms with Crippen molar-refractivity contribution in [3.05, 3.63) is 51.2 Å². The third-order valence-corrected chi connectivity index (χ3v) is 3.80. The third-order valence-electron chi connectivity index (χ3n) is 3.27. The van der Waals surface area contributed by atoms with Gasteiger partial charge in [0.25, 0.3) is 11.5 Å². The molecule has 1 amide bonds. The fourth-order valence-electron chi connectivity index (χ4n) is 2.08. The van der Waals surface area contributed by atoms with E-state index in [4.69, 9.17) is 0 Å². The van der Waals surface area contributed by atoms with Crippen molar-refractivity contribution in [3.8, 4) is 11.3 Å². The second-order valence-electron chi connectivity index (χ2n) is 5.25. The van der Waals surface area contributed by atoms with Crippen molar-refractivity contribution < 1.29 is 9.59 Å². The van der Waals surface area contributed by atoms with Crippen LogP contribution in [-0.4, -0.2) is 40.5 Å². The Morgan fingerprint density at radius 2 is 1.74 bits per heavy atom. The van der Waals surface area contributed by atoms with Crippen molar-refractivity contribution in [2.45, 2.75) is 13.0 Å². The molecule has 0 aliphatic heterocycles. The van der Waals surface area contributed by atoms with Gasteiger partial charge >= 0.3 is 0 Å². The number of benzene rings is 1. The minimum atomic E-state index is -1.26. The van der Waals surface area contributed by atoms with E-state index in [9.17, 15) is 14.4 Å². The molecule has 1 aromatic heterocycles. The zero-order valence-electron chi connectivity index (χ0n) is 13.0. The van der Waals surface area contributed by atoms with E-state index in [2.05, 4.69) is 21.0 Å². The van der Waals surface area contributed by atoms with E-state index in [1.165, 1.54) is 32.0 Å². The number of hydrogen-bond donors (Lipinski definition) is 0. The first-order chi connectivity index (χ1) is 10.8. The van der Waals surface area contributed by atoms with E-state index in [0.29, 0.717) is 5.69 Å². The van der Waals surface area contributed by atoms with Crippen LogP contribution in [0.15, 0.2) is 45.7 Å². The normalized spacial score (nSPS) is 11.8. The van der Waals surface area contributed by atoms with Crippen molar-refractivity contribution in [3.63, 3.8) is 0 Å². The minimum Gasteiger partial charge on any atom is -0.347 e. The smallest absolute Gasteiger partial charge is 0.267 e. The average molecular weight is 378 g/mol. The summed E-state index contributed by atoms with van der Waals surface area (Å²) in [6.45, 7) is 1.27. The summed E-state index contributed by atoms with van der Waals surface area (Å²) in [6, 6.07) is 8.98. The van der Waals surface area contributed by atoms with Gasteiger partial charge in [-0.2, -0.15) is 5.10 Å². The van der Waals surface area contributed by atoms with Crippen molar-refractivity contribution in [1.29, 1.82) is 0 Å². The van der Waals surface area contributed by atoms with Crippen LogP contribution in [0.5, 0.6) is 0 Å². The Labute approximate surface area is 141 Å². The lowest BCUT2D eigenvalue weighted by Crippen LogP contribution is -2.41. The second kappa shape index (κ2) is 6.87. The van der Waals surface area contributed by atoms with Gasteiger partial charge in [-0.1, -0.05) is 28.1 Å². The maximum atomic E-state index is 12.2. The van der Waals surface area contributed by atoms with Crippen LogP contribution in [-0.2, 0) is 9.59 Å². The number of halogens is 1. The number of rotatable bonds is 4. The minimum absolute atomic E-state index is 0.439. The number of nitrogens with zero attached hydrogens (tertiary/aromatic N) is 3. The third kappa shape index (κ3) is 3.73. The van der Waals surface area contributed by atoms with E-state index in [1.807, 2.05) is 24.3 Å². The van der Waals surface area contributed by atoms with Gasteiger partial charge in [0.2, 0.25) is 0 Å². The van der Waals surface area contributed by atoms with E-state index < -0.39 is 23.3 Å². The number of carbonyl (C=O) groups is 2. The molecule has 23 heavy (non-hydrogen) atoms. The van der Waals surface area contributed by atoms with Crippen molar-refractivity contribution >= 4 is 27.6 Å². The highest BCUT2D eigenvalue weighted by Crippen LogP contribution is 2.19. The molecule has 0 N–H and O–H groups in total. The molecule has 0 fully saturated rings. The highest BCUT2D eigenvalue weighted by Gasteiger charge is 2.29. The largest absolute Gasteiger partial charge is 0.347 e. The Kier molecular flexibility index (Phi) is 5.10.